The highest BCUT2D eigenvalue weighted by Crippen LogP contribution is 2.26. The fraction of sp³-hybridized carbons (Fsp3) is 0.600. The van der Waals surface area contributed by atoms with E-state index in [2.05, 4.69) is 17.4 Å². The highest BCUT2D eigenvalue weighted by Gasteiger charge is 2.20. The van der Waals surface area contributed by atoms with E-state index in [1.807, 2.05) is 26.1 Å². The fourth-order valence-electron chi connectivity index (χ4n) is 2.48. The van der Waals surface area contributed by atoms with Gasteiger partial charge in [-0.05, 0) is 50.9 Å². The lowest BCUT2D eigenvalue weighted by Crippen LogP contribution is -2.22. The molecule has 0 saturated carbocycles. The summed E-state index contributed by atoms with van der Waals surface area (Å²) < 4.78 is 11.2. The summed E-state index contributed by atoms with van der Waals surface area (Å²) in [5.74, 6) is 0.938. The molecule has 18 heavy (non-hydrogen) atoms. The van der Waals surface area contributed by atoms with Crippen LogP contribution < -0.4 is 10.1 Å². The highest BCUT2D eigenvalue weighted by atomic mass is 16.5. The first kappa shape index (κ1) is 13.4. The lowest BCUT2D eigenvalue weighted by atomic mass is 9.99. The second-order valence-electron chi connectivity index (χ2n) is 4.71. The minimum atomic E-state index is 0.365. The van der Waals surface area contributed by atoms with Crippen molar-refractivity contribution in [3.05, 3.63) is 29.8 Å². The SMILES string of the molecule is CCOc1ccc(C(CC2CCCO2)NC)cc1. The van der Waals surface area contributed by atoms with Crippen LogP contribution in [-0.4, -0.2) is 26.4 Å². The molecule has 0 spiro atoms. The van der Waals surface area contributed by atoms with Gasteiger partial charge in [-0.1, -0.05) is 12.1 Å². The van der Waals surface area contributed by atoms with E-state index in [1.54, 1.807) is 0 Å². The Morgan fingerprint density at radius 1 is 1.39 bits per heavy atom. The Labute approximate surface area is 109 Å². The van der Waals surface area contributed by atoms with Crippen molar-refractivity contribution in [3.8, 4) is 5.75 Å². The topological polar surface area (TPSA) is 30.5 Å². The maximum absolute atomic E-state index is 5.70. The number of ether oxygens (including phenoxy) is 2. The summed E-state index contributed by atoms with van der Waals surface area (Å²) in [6.07, 6.45) is 3.85. The van der Waals surface area contributed by atoms with Crippen LogP contribution in [0.1, 0.15) is 37.8 Å². The Morgan fingerprint density at radius 3 is 2.72 bits per heavy atom. The van der Waals surface area contributed by atoms with E-state index >= 15 is 0 Å². The van der Waals surface area contributed by atoms with Gasteiger partial charge in [0.2, 0.25) is 0 Å². The lowest BCUT2D eigenvalue weighted by Gasteiger charge is -2.20. The summed E-state index contributed by atoms with van der Waals surface area (Å²) in [6, 6.07) is 8.73. The van der Waals surface area contributed by atoms with Gasteiger partial charge in [0.15, 0.2) is 0 Å². The molecule has 1 saturated heterocycles. The van der Waals surface area contributed by atoms with E-state index < -0.39 is 0 Å². The molecule has 2 atom stereocenters. The van der Waals surface area contributed by atoms with Crippen LogP contribution in [0, 0.1) is 0 Å². The molecule has 2 unspecified atom stereocenters. The summed E-state index contributed by atoms with van der Waals surface area (Å²) >= 11 is 0. The maximum atomic E-state index is 5.70. The van der Waals surface area contributed by atoms with Gasteiger partial charge < -0.3 is 14.8 Å². The van der Waals surface area contributed by atoms with E-state index in [4.69, 9.17) is 9.47 Å². The number of hydrogen-bond donors (Lipinski definition) is 1. The smallest absolute Gasteiger partial charge is 0.119 e. The summed E-state index contributed by atoms with van der Waals surface area (Å²) in [5.41, 5.74) is 1.30. The van der Waals surface area contributed by atoms with Gasteiger partial charge in [0.05, 0.1) is 12.7 Å². The van der Waals surface area contributed by atoms with Crippen LogP contribution in [0.25, 0.3) is 0 Å². The van der Waals surface area contributed by atoms with Gasteiger partial charge in [-0.2, -0.15) is 0 Å². The molecule has 1 aromatic rings. The van der Waals surface area contributed by atoms with Gasteiger partial charge in [0.1, 0.15) is 5.75 Å². The third-order valence-electron chi connectivity index (χ3n) is 3.46. The number of nitrogens with one attached hydrogen (secondary N) is 1. The Bertz CT molecular complexity index is 344. The minimum Gasteiger partial charge on any atom is -0.494 e. The summed E-state index contributed by atoms with van der Waals surface area (Å²) in [5, 5.41) is 3.38. The Hall–Kier alpha value is -1.06. The van der Waals surface area contributed by atoms with Crippen molar-refractivity contribution in [1.29, 1.82) is 0 Å². The largest absolute Gasteiger partial charge is 0.494 e. The molecule has 0 amide bonds. The zero-order valence-electron chi connectivity index (χ0n) is 11.3. The van der Waals surface area contributed by atoms with Crippen molar-refractivity contribution in [2.24, 2.45) is 0 Å². The van der Waals surface area contributed by atoms with Crippen molar-refractivity contribution in [2.75, 3.05) is 20.3 Å². The van der Waals surface area contributed by atoms with Crippen molar-refractivity contribution in [3.63, 3.8) is 0 Å². The van der Waals surface area contributed by atoms with Crippen LogP contribution in [0.15, 0.2) is 24.3 Å². The molecule has 1 fully saturated rings. The van der Waals surface area contributed by atoms with Crippen LogP contribution in [-0.2, 0) is 4.74 Å². The molecule has 0 aliphatic carbocycles. The minimum absolute atomic E-state index is 0.365. The van der Waals surface area contributed by atoms with Gasteiger partial charge in [-0.25, -0.2) is 0 Å². The molecule has 100 valence electrons. The molecular formula is C15H23NO2. The van der Waals surface area contributed by atoms with Crippen molar-refractivity contribution in [2.45, 2.75) is 38.3 Å². The second-order valence-corrected chi connectivity index (χ2v) is 4.71. The van der Waals surface area contributed by atoms with E-state index in [9.17, 15) is 0 Å². The molecule has 1 aliphatic heterocycles. The zero-order chi connectivity index (χ0) is 12.8. The number of benzene rings is 1. The summed E-state index contributed by atoms with van der Waals surface area (Å²) in [6.45, 7) is 3.64. The molecule has 0 radical (unpaired) electrons. The fourth-order valence-corrected chi connectivity index (χ4v) is 2.48. The van der Waals surface area contributed by atoms with E-state index in [1.165, 1.54) is 18.4 Å². The highest BCUT2D eigenvalue weighted by molar-refractivity contribution is 5.29. The quantitative estimate of drug-likeness (QED) is 0.841. The molecule has 3 heteroatoms. The third kappa shape index (κ3) is 3.47. The van der Waals surface area contributed by atoms with Crippen LogP contribution in [0.5, 0.6) is 5.75 Å². The predicted molar refractivity (Wildman–Crippen MR) is 73.0 cm³/mol. The second kappa shape index (κ2) is 6.76. The van der Waals surface area contributed by atoms with Crippen molar-refractivity contribution in [1.82, 2.24) is 5.32 Å². The molecule has 3 nitrogen and oxygen atoms in total. The Morgan fingerprint density at radius 2 is 2.17 bits per heavy atom. The first-order chi connectivity index (χ1) is 8.83. The molecule has 1 heterocycles. The van der Waals surface area contributed by atoms with Gasteiger partial charge in [-0.15, -0.1) is 0 Å². The van der Waals surface area contributed by atoms with Crippen molar-refractivity contribution < 1.29 is 9.47 Å². The molecule has 1 aromatic carbocycles. The zero-order valence-corrected chi connectivity index (χ0v) is 11.3. The molecule has 1 aliphatic rings. The first-order valence-electron chi connectivity index (χ1n) is 6.85. The normalized spacial score (nSPS) is 20.9. The monoisotopic (exact) mass is 249 g/mol. The third-order valence-corrected chi connectivity index (χ3v) is 3.46. The van der Waals surface area contributed by atoms with Gasteiger partial charge in [0, 0.05) is 12.6 Å². The van der Waals surface area contributed by atoms with Gasteiger partial charge in [0.25, 0.3) is 0 Å². The lowest BCUT2D eigenvalue weighted by molar-refractivity contribution is 0.0954. The molecule has 2 rings (SSSR count). The summed E-state index contributed by atoms with van der Waals surface area (Å²) in [4.78, 5) is 0. The van der Waals surface area contributed by atoms with E-state index in [-0.39, 0.29) is 0 Å². The Balaban J connectivity index is 1.97. The number of rotatable bonds is 6. The maximum Gasteiger partial charge on any atom is 0.119 e. The average Bonchev–Trinajstić information content (AvgIpc) is 2.90. The van der Waals surface area contributed by atoms with E-state index in [0.29, 0.717) is 18.8 Å². The predicted octanol–water partition coefficient (Wildman–Crippen LogP) is 2.91. The van der Waals surface area contributed by atoms with Crippen molar-refractivity contribution >= 4 is 0 Å². The van der Waals surface area contributed by atoms with Crippen LogP contribution in [0.2, 0.25) is 0 Å². The molecular weight excluding hydrogens is 226 g/mol. The molecule has 1 N–H and O–H groups in total. The summed E-state index contributed by atoms with van der Waals surface area (Å²) in [7, 11) is 2.01. The average molecular weight is 249 g/mol. The Kier molecular flexibility index (Phi) is 5.02. The van der Waals surface area contributed by atoms with E-state index in [0.717, 1.165) is 18.8 Å². The first-order valence-corrected chi connectivity index (χ1v) is 6.85. The van der Waals surface area contributed by atoms with Crippen LogP contribution >= 0.6 is 0 Å². The molecule has 0 bridgehead atoms. The van der Waals surface area contributed by atoms with Gasteiger partial charge >= 0.3 is 0 Å². The van der Waals surface area contributed by atoms with Crippen LogP contribution in [0.3, 0.4) is 0 Å². The van der Waals surface area contributed by atoms with Gasteiger partial charge in [-0.3, -0.25) is 0 Å². The van der Waals surface area contributed by atoms with Crippen LogP contribution in [0.4, 0.5) is 0 Å². The molecule has 0 aromatic heterocycles. The standard InChI is InChI=1S/C15H23NO2/c1-3-17-13-8-6-12(7-9-13)15(16-2)11-14-5-4-10-18-14/h6-9,14-16H,3-5,10-11H2,1-2H3. The number of hydrogen-bond acceptors (Lipinski definition) is 3.